The molecule has 0 bridgehead atoms. The Bertz CT molecular complexity index is 575. The number of carbonyl (C=O) groups is 1. The van der Waals surface area contributed by atoms with Crippen LogP contribution in [0.5, 0.6) is 0 Å². The normalized spacial score (nSPS) is 23.7. The number of nitrogens with zero attached hydrogens (tertiary/aromatic N) is 2. The monoisotopic (exact) mass is 361 g/mol. The van der Waals surface area contributed by atoms with E-state index in [0.29, 0.717) is 19.3 Å². The number of hydrogen-bond acceptors (Lipinski definition) is 5. The first-order chi connectivity index (χ1) is 12.7. The van der Waals surface area contributed by atoms with Crippen molar-refractivity contribution in [2.45, 2.75) is 57.5 Å². The van der Waals surface area contributed by atoms with Crippen molar-refractivity contribution in [3.63, 3.8) is 0 Å². The maximum atomic E-state index is 12.0. The van der Waals surface area contributed by atoms with E-state index in [-0.39, 0.29) is 12.1 Å². The summed E-state index contributed by atoms with van der Waals surface area (Å²) in [6.07, 6.45) is 10.1. The number of rotatable bonds is 7. The van der Waals surface area contributed by atoms with Gasteiger partial charge in [-0.3, -0.25) is 9.88 Å². The molecule has 3 rings (SSSR count). The Labute approximate surface area is 156 Å². The Balaban J connectivity index is 1.40. The molecule has 6 nitrogen and oxygen atoms in total. The number of alkyl carbamates (subject to hydrolysis) is 1. The predicted molar refractivity (Wildman–Crippen MR) is 100 cm³/mol. The Morgan fingerprint density at radius 3 is 3.15 bits per heavy atom. The summed E-state index contributed by atoms with van der Waals surface area (Å²) < 4.78 is 10.8. The Morgan fingerprint density at radius 1 is 1.42 bits per heavy atom. The number of aryl methyl sites for hydroxylation is 2. The molecule has 1 amide bonds. The molecule has 0 saturated carbocycles. The number of carbonyl (C=O) groups excluding carboxylic acids is 1. The van der Waals surface area contributed by atoms with Gasteiger partial charge in [-0.1, -0.05) is 6.42 Å². The molecule has 2 aliphatic rings. The summed E-state index contributed by atoms with van der Waals surface area (Å²) in [5.41, 5.74) is 2.64. The summed E-state index contributed by atoms with van der Waals surface area (Å²) in [6, 6.07) is 2.51. The second-order valence-electron chi connectivity index (χ2n) is 7.39. The minimum Gasteiger partial charge on any atom is -0.448 e. The first-order valence-electron chi connectivity index (χ1n) is 9.87. The fraction of sp³-hybridized carbons (Fsp3) is 0.700. The summed E-state index contributed by atoms with van der Waals surface area (Å²) in [5.74, 6) is 0. The van der Waals surface area contributed by atoms with Crippen molar-refractivity contribution in [2.24, 2.45) is 0 Å². The van der Waals surface area contributed by atoms with Crippen LogP contribution >= 0.6 is 0 Å². The van der Waals surface area contributed by atoms with Gasteiger partial charge in [0.15, 0.2) is 0 Å². The van der Waals surface area contributed by atoms with E-state index in [9.17, 15) is 4.79 Å². The molecule has 0 aliphatic carbocycles. The van der Waals surface area contributed by atoms with E-state index in [1.807, 2.05) is 12.4 Å². The van der Waals surface area contributed by atoms with Crippen LogP contribution in [0.15, 0.2) is 18.5 Å². The van der Waals surface area contributed by atoms with Gasteiger partial charge in [-0.15, -0.1) is 0 Å². The quantitative estimate of drug-likeness (QED) is 0.809. The van der Waals surface area contributed by atoms with Crippen molar-refractivity contribution in [2.75, 3.05) is 32.9 Å². The highest BCUT2D eigenvalue weighted by Crippen LogP contribution is 2.19. The maximum absolute atomic E-state index is 12.0. The number of ether oxygens (including phenoxy) is 2. The van der Waals surface area contributed by atoms with Crippen LogP contribution in [0.3, 0.4) is 0 Å². The highest BCUT2D eigenvalue weighted by atomic mass is 16.6. The largest absolute Gasteiger partial charge is 0.448 e. The third-order valence-electron chi connectivity index (χ3n) is 5.45. The van der Waals surface area contributed by atoms with Crippen molar-refractivity contribution >= 4 is 6.09 Å². The van der Waals surface area contributed by atoms with Crippen molar-refractivity contribution < 1.29 is 14.3 Å². The fourth-order valence-corrected chi connectivity index (χ4v) is 3.80. The van der Waals surface area contributed by atoms with E-state index in [4.69, 9.17) is 9.47 Å². The highest BCUT2D eigenvalue weighted by Gasteiger charge is 2.24. The van der Waals surface area contributed by atoms with Gasteiger partial charge in [0, 0.05) is 25.0 Å². The maximum Gasteiger partial charge on any atom is 0.407 e. The van der Waals surface area contributed by atoms with E-state index >= 15 is 0 Å². The first-order valence-corrected chi connectivity index (χ1v) is 9.87. The molecule has 2 aliphatic heterocycles. The zero-order chi connectivity index (χ0) is 18.2. The number of pyridine rings is 1. The summed E-state index contributed by atoms with van der Waals surface area (Å²) in [7, 11) is 0. The molecule has 26 heavy (non-hydrogen) atoms. The van der Waals surface area contributed by atoms with Crippen LogP contribution in [-0.2, 0) is 15.9 Å². The van der Waals surface area contributed by atoms with Crippen molar-refractivity contribution in [1.29, 1.82) is 0 Å². The zero-order valence-electron chi connectivity index (χ0n) is 15.8. The second kappa shape index (κ2) is 9.88. The van der Waals surface area contributed by atoms with Crippen LogP contribution in [-0.4, -0.2) is 61.0 Å². The Hall–Kier alpha value is -1.66. The lowest BCUT2D eigenvalue weighted by molar-refractivity contribution is 0.0660. The number of aromatic nitrogens is 1. The third-order valence-corrected chi connectivity index (χ3v) is 5.45. The van der Waals surface area contributed by atoms with Gasteiger partial charge in [-0.25, -0.2) is 4.79 Å². The summed E-state index contributed by atoms with van der Waals surface area (Å²) in [6.45, 7) is 6.07. The highest BCUT2D eigenvalue weighted by molar-refractivity contribution is 5.67. The molecule has 1 aromatic rings. The Kier molecular flexibility index (Phi) is 7.26. The molecule has 0 unspecified atom stereocenters. The molecular formula is C20H31N3O3. The van der Waals surface area contributed by atoms with E-state index in [0.717, 1.165) is 45.4 Å². The molecule has 0 aromatic carbocycles. The molecule has 6 heteroatoms. The van der Waals surface area contributed by atoms with Gasteiger partial charge in [-0.2, -0.15) is 0 Å². The predicted octanol–water partition coefficient (Wildman–Crippen LogP) is 2.69. The van der Waals surface area contributed by atoms with E-state index in [1.54, 1.807) is 0 Å². The third kappa shape index (κ3) is 5.68. The number of piperidine rings is 1. The van der Waals surface area contributed by atoms with Crippen molar-refractivity contribution in [1.82, 2.24) is 15.2 Å². The summed E-state index contributed by atoms with van der Waals surface area (Å²) in [4.78, 5) is 18.7. The number of likely N-dealkylation sites (tertiary alicyclic amines) is 1. The van der Waals surface area contributed by atoms with Gasteiger partial charge in [0.25, 0.3) is 0 Å². The molecule has 2 saturated heterocycles. The van der Waals surface area contributed by atoms with Crippen LogP contribution in [0.4, 0.5) is 4.79 Å². The lowest BCUT2D eigenvalue weighted by Crippen LogP contribution is -2.45. The average molecular weight is 361 g/mol. The lowest BCUT2D eigenvalue weighted by Gasteiger charge is -2.35. The minimum absolute atomic E-state index is 0.104. The molecule has 2 fully saturated rings. The second-order valence-corrected chi connectivity index (χ2v) is 7.39. The van der Waals surface area contributed by atoms with Gasteiger partial charge >= 0.3 is 6.09 Å². The summed E-state index contributed by atoms with van der Waals surface area (Å²) >= 11 is 0. The minimum atomic E-state index is -0.308. The van der Waals surface area contributed by atoms with E-state index < -0.39 is 0 Å². The fourth-order valence-electron chi connectivity index (χ4n) is 3.80. The number of nitrogens with one attached hydrogen (secondary N) is 1. The number of amides is 1. The van der Waals surface area contributed by atoms with E-state index in [1.165, 1.54) is 24.0 Å². The molecule has 2 atom stereocenters. The molecule has 0 spiro atoms. The van der Waals surface area contributed by atoms with E-state index in [2.05, 4.69) is 28.2 Å². The molecule has 144 valence electrons. The van der Waals surface area contributed by atoms with Crippen molar-refractivity contribution in [3.05, 3.63) is 29.6 Å². The van der Waals surface area contributed by atoms with Crippen LogP contribution < -0.4 is 5.32 Å². The van der Waals surface area contributed by atoms with Gasteiger partial charge in [0.1, 0.15) is 6.61 Å². The molecule has 3 heterocycles. The first kappa shape index (κ1) is 19.1. The standard InChI is InChI=1S/C20H31N3O3/c1-16-7-9-21-13-17(16)5-4-11-23-10-3-2-6-19(23)15-26-20(24)22-18-8-12-25-14-18/h7,9,13,18-19H,2-6,8,10-12,14-15H2,1H3,(H,22,24)/t18-,19+/m0/s1. The Morgan fingerprint density at radius 2 is 2.35 bits per heavy atom. The molecular weight excluding hydrogens is 330 g/mol. The topological polar surface area (TPSA) is 63.7 Å². The van der Waals surface area contributed by atoms with Crippen LogP contribution in [0.25, 0.3) is 0 Å². The van der Waals surface area contributed by atoms with Crippen LogP contribution in [0.2, 0.25) is 0 Å². The van der Waals surface area contributed by atoms with Crippen LogP contribution in [0.1, 0.15) is 43.2 Å². The van der Waals surface area contributed by atoms with Crippen LogP contribution in [0, 0.1) is 6.92 Å². The van der Waals surface area contributed by atoms with Gasteiger partial charge in [0.05, 0.1) is 12.6 Å². The summed E-state index contributed by atoms with van der Waals surface area (Å²) in [5, 5.41) is 2.89. The smallest absolute Gasteiger partial charge is 0.407 e. The molecule has 1 aromatic heterocycles. The average Bonchev–Trinajstić information content (AvgIpc) is 3.15. The zero-order valence-corrected chi connectivity index (χ0v) is 15.8. The molecule has 0 radical (unpaired) electrons. The van der Waals surface area contributed by atoms with Crippen molar-refractivity contribution in [3.8, 4) is 0 Å². The SMILES string of the molecule is Cc1ccncc1CCCN1CCCC[C@@H]1COC(=O)N[C@H]1CCOC1. The number of hydrogen-bond donors (Lipinski definition) is 1. The lowest BCUT2D eigenvalue weighted by atomic mass is 10.0. The van der Waals surface area contributed by atoms with Gasteiger partial charge in [0.2, 0.25) is 0 Å². The van der Waals surface area contributed by atoms with Gasteiger partial charge in [-0.05, 0) is 69.3 Å². The van der Waals surface area contributed by atoms with Gasteiger partial charge < -0.3 is 14.8 Å². The molecule has 1 N–H and O–H groups in total.